The zero-order valence-corrected chi connectivity index (χ0v) is 14.8. The molecule has 1 N–H and O–H groups in total. The highest BCUT2D eigenvalue weighted by Crippen LogP contribution is 2.23. The lowest BCUT2D eigenvalue weighted by atomic mass is 10.1. The molecule has 1 amide bonds. The van der Waals surface area contributed by atoms with Crippen LogP contribution in [0.15, 0.2) is 42.1 Å². The average Bonchev–Trinajstić information content (AvgIpc) is 2.89. The van der Waals surface area contributed by atoms with Crippen molar-refractivity contribution in [2.75, 3.05) is 0 Å². The Morgan fingerprint density at radius 1 is 1.38 bits per heavy atom. The van der Waals surface area contributed by atoms with Gasteiger partial charge in [0, 0.05) is 6.54 Å². The standard InChI is InChI=1S/C17H21FN4OS/c1-5-10-22-13(4)20-21-17(22)24-12(3)16(23)19-11(2)14-6-8-15(18)9-7-14/h5-9,11-12H,1,10H2,2-4H3,(H,19,23)/t11-,12-/m1/s1. The third kappa shape index (κ3) is 4.44. The fourth-order valence-corrected chi connectivity index (χ4v) is 3.08. The van der Waals surface area contributed by atoms with Gasteiger partial charge in [0.05, 0.1) is 11.3 Å². The van der Waals surface area contributed by atoms with Gasteiger partial charge in [-0.15, -0.1) is 16.8 Å². The molecule has 1 aromatic heterocycles. The van der Waals surface area contributed by atoms with Gasteiger partial charge in [0.2, 0.25) is 5.91 Å². The monoisotopic (exact) mass is 348 g/mol. The molecule has 2 atom stereocenters. The third-order valence-electron chi connectivity index (χ3n) is 3.59. The van der Waals surface area contributed by atoms with Crippen LogP contribution in [0, 0.1) is 12.7 Å². The summed E-state index contributed by atoms with van der Waals surface area (Å²) in [4.78, 5) is 12.4. The highest BCUT2D eigenvalue weighted by molar-refractivity contribution is 8.00. The Kier molecular flexibility index (Phi) is 6.14. The van der Waals surface area contributed by atoms with Gasteiger partial charge in [0.25, 0.3) is 0 Å². The van der Waals surface area contributed by atoms with E-state index in [1.165, 1.54) is 23.9 Å². The van der Waals surface area contributed by atoms with Crippen LogP contribution in [-0.4, -0.2) is 25.9 Å². The molecule has 0 saturated heterocycles. The molecule has 0 aliphatic rings. The molecule has 7 heteroatoms. The highest BCUT2D eigenvalue weighted by atomic mass is 32.2. The number of thioether (sulfide) groups is 1. The second-order valence-corrected chi connectivity index (χ2v) is 6.78. The molecular formula is C17H21FN4OS. The molecule has 0 unspecified atom stereocenters. The first kappa shape index (κ1) is 18.2. The highest BCUT2D eigenvalue weighted by Gasteiger charge is 2.20. The summed E-state index contributed by atoms with van der Waals surface area (Å²) in [5.74, 6) is 0.380. The van der Waals surface area contributed by atoms with Crippen molar-refractivity contribution < 1.29 is 9.18 Å². The minimum atomic E-state index is -0.333. The molecule has 5 nitrogen and oxygen atoms in total. The topological polar surface area (TPSA) is 59.8 Å². The number of aromatic nitrogens is 3. The van der Waals surface area contributed by atoms with Crippen molar-refractivity contribution in [2.45, 2.75) is 43.8 Å². The molecule has 128 valence electrons. The van der Waals surface area contributed by atoms with E-state index in [1.807, 2.05) is 25.3 Å². The molecule has 2 aromatic rings. The fraction of sp³-hybridized carbons (Fsp3) is 0.353. The van der Waals surface area contributed by atoms with Crippen molar-refractivity contribution in [3.8, 4) is 0 Å². The van der Waals surface area contributed by atoms with Gasteiger partial charge in [-0.3, -0.25) is 4.79 Å². The lowest BCUT2D eigenvalue weighted by molar-refractivity contribution is -0.120. The first-order valence-corrected chi connectivity index (χ1v) is 8.53. The molecule has 0 saturated carbocycles. The number of hydrogen-bond donors (Lipinski definition) is 1. The van der Waals surface area contributed by atoms with E-state index in [0.29, 0.717) is 11.7 Å². The number of aryl methyl sites for hydroxylation is 1. The van der Waals surface area contributed by atoms with Crippen molar-refractivity contribution in [3.63, 3.8) is 0 Å². The van der Waals surface area contributed by atoms with Gasteiger partial charge in [0.15, 0.2) is 5.16 Å². The quantitative estimate of drug-likeness (QED) is 0.616. The van der Waals surface area contributed by atoms with E-state index in [0.717, 1.165) is 11.4 Å². The number of carbonyl (C=O) groups is 1. The van der Waals surface area contributed by atoms with Gasteiger partial charge in [-0.2, -0.15) is 0 Å². The van der Waals surface area contributed by atoms with Crippen molar-refractivity contribution in [1.29, 1.82) is 0 Å². The van der Waals surface area contributed by atoms with Gasteiger partial charge in [-0.25, -0.2) is 4.39 Å². The van der Waals surface area contributed by atoms with Gasteiger partial charge >= 0.3 is 0 Å². The number of nitrogens with one attached hydrogen (secondary N) is 1. The number of nitrogens with zero attached hydrogens (tertiary/aromatic N) is 3. The second kappa shape index (κ2) is 8.10. The van der Waals surface area contributed by atoms with Crippen molar-refractivity contribution in [2.24, 2.45) is 0 Å². The molecule has 1 aromatic carbocycles. The lowest BCUT2D eigenvalue weighted by Gasteiger charge is -2.17. The van der Waals surface area contributed by atoms with Gasteiger partial charge < -0.3 is 9.88 Å². The molecule has 0 radical (unpaired) electrons. The zero-order chi connectivity index (χ0) is 17.7. The maximum Gasteiger partial charge on any atom is 0.233 e. The summed E-state index contributed by atoms with van der Waals surface area (Å²) in [5, 5.41) is 11.4. The van der Waals surface area contributed by atoms with Crippen LogP contribution >= 0.6 is 11.8 Å². The van der Waals surface area contributed by atoms with Crippen molar-refractivity contribution in [1.82, 2.24) is 20.1 Å². The zero-order valence-electron chi connectivity index (χ0n) is 14.0. The van der Waals surface area contributed by atoms with E-state index in [1.54, 1.807) is 18.2 Å². The van der Waals surface area contributed by atoms with Crippen LogP contribution in [0.4, 0.5) is 4.39 Å². The number of benzene rings is 1. The second-order valence-electron chi connectivity index (χ2n) is 5.47. The SMILES string of the molecule is C=CCn1c(C)nnc1S[C@H](C)C(=O)N[C@H](C)c1ccc(F)cc1. The summed E-state index contributed by atoms with van der Waals surface area (Å²) in [6.45, 7) is 9.87. The van der Waals surface area contributed by atoms with E-state index >= 15 is 0 Å². The number of allylic oxidation sites excluding steroid dienone is 1. The molecule has 0 aliphatic heterocycles. The molecule has 0 fully saturated rings. The summed E-state index contributed by atoms with van der Waals surface area (Å²) in [6.07, 6.45) is 1.77. The van der Waals surface area contributed by atoms with E-state index in [4.69, 9.17) is 0 Å². The minimum Gasteiger partial charge on any atom is -0.349 e. The first-order chi connectivity index (χ1) is 11.4. The molecule has 0 aliphatic carbocycles. The number of amides is 1. The fourth-order valence-electron chi connectivity index (χ4n) is 2.17. The van der Waals surface area contributed by atoms with Crippen molar-refractivity contribution >= 4 is 17.7 Å². The molecule has 0 bridgehead atoms. The van der Waals surface area contributed by atoms with E-state index < -0.39 is 0 Å². The lowest BCUT2D eigenvalue weighted by Crippen LogP contribution is -2.33. The van der Waals surface area contributed by atoms with Gasteiger partial charge in [-0.1, -0.05) is 30.0 Å². The van der Waals surface area contributed by atoms with E-state index in [2.05, 4.69) is 22.1 Å². The summed E-state index contributed by atoms with van der Waals surface area (Å²) < 4.78 is 14.9. The van der Waals surface area contributed by atoms with Crippen LogP contribution < -0.4 is 5.32 Å². The van der Waals surface area contributed by atoms with Crippen LogP contribution in [0.25, 0.3) is 0 Å². The number of rotatable bonds is 7. The number of halogens is 1. The Balaban J connectivity index is 1.99. The number of hydrogen-bond acceptors (Lipinski definition) is 4. The van der Waals surface area contributed by atoms with Crippen LogP contribution in [0.3, 0.4) is 0 Å². The van der Waals surface area contributed by atoms with Gasteiger partial charge in [0.1, 0.15) is 11.6 Å². The smallest absolute Gasteiger partial charge is 0.233 e. The molecular weight excluding hydrogens is 327 g/mol. The Bertz CT molecular complexity index is 714. The van der Waals surface area contributed by atoms with Crippen LogP contribution in [0.1, 0.15) is 31.3 Å². The summed E-state index contributed by atoms with van der Waals surface area (Å²) in [5.41, 5.74) is 0.854. The maximum absolute atomic E-state index is 13.0. The van der Waals surface area contributed by atoms with Crippen LogP contribution in [-0.2, 0) is 11.3 Å². The van der Waals surface area contributed by atoms with E-state index in [-0.39, 0.29) is 23.0 Å². The van der Waals surface area contributed by atoms with Crippen LogP contribution in [0.5, 0.6) is 0 Å². The Morgan fingerprint density at radius 2 is 2.04 bits per heavy atom. The summed E-state index contributed by atoms with van der Waals surface area (Å²) in [7, 11) is 0. The minimum absolute atomic E-state index is 0.109. The molecule has 0 spiro atoms. The summed E-state index contributed by atoms with van der Waals surface area (Å²) >= 11 is 1.35. The predicted molar refractivity (Wildman–Crippen MR) is 93.2 cm³/mol. The third-order valence-corrected chi connectivity index (χ3v) is 4.67. The van der Waals surface area contributed by atoms with E-state index in [9.17, 15) is 9.18 Å². The Morgan fingerprint density at radius 3 is 2.67 bits per heavy atom. The Hall–Kier alpha value is -2.15. The molecule has 1 heterocycles. The normalized spacial score (nSPS) is 13.3. The van der Waals surface area contributed by atoms with Crippen molar-refractivity contribution in [3.05, 3.63) is 54.1 Å². The van der Waals surface area contributed by atoms with Gasteiger partial charge in [-0.05, 0) is 38.5 Å². The summed E-state index contributed by atoms with van der Waals surface area (Å²) in [6, 6.07) is 5.91. The molecule has 2 rings (SSSR count). The predicted octanol–water partition coefficient (Wildman–Crippen LogP) is 3.27. The average molecular weight is 348 g/mol. The van der Waals surface area contributed by atoms with Crippen LogP contribution in [0.2, 0.25) is 0 Å². The Labute approximate surface area is 145 Å². The number of carbonyl (C=O) groups excluding carboxylic acids is 1. The maximum atomic E-state index is 13.0. The first-order valence-electron chi connectivity index (χ1n) is 7.65. The largest absolute Gasteiger partial charge is 0.349 e. The molecule has 24 heavy (non-hydrogen) atoms.